The summed E-state index contributed by atoms with van der Waals surface area (Å²) in [5.41, 5.74) is 1.32. The van der Waals surface area contributed by atoms with Crippen LogP contribution in [0.2, 0.25) is 0 Å². The Balaban J connectivity index is 3.02. The second-order valence-electron chi connectivity index (χ2n) is 1.65. The molecule has 0 aliphatic heterocycles. The zero-order valence-electron chi connectivity index (χ0n) is 4.39. The third kappa shape index (κ3) is 1.04. The van der Waals surface area contributed by atoms with Crippen molar-refractivity contribution in [3.05, 3.63) is 35.9 Å². The molecule has 0 bridgehead atoms. The third-order valence-electron chi connectivity index (χ3n) is 0.940. The first kappa shape index (κ1) is 4.38. The summed E-state index contributed by atoms with van der Waals surface area (Å²) in [6, 6.07) is 10.3. The molecule has 0 spiro atoms. The van der Waals surface area contributed by atoms with Crippen molar-refractivity contribution in [3.8, 4) is 0 Å². The highest BCUT2D eigenvalue weighted by molar-refractivity contribution is 5.11. The molecule has 1 aromatic carbocycles. The molecule has 0 N–H and O–H groups in total. The van der Waals surface area contributed by atoms with E-state index in [2.05, 4.69) is 19.1 Å². The summed E-state index contributed by atoms with van der Waals surface area (Å²) < 4.78 is 0. The van der Waals surface area contributed by atoms with Crippen LogP contribution in [0.15, 0.2) is 30.3 Å². The molecule has 1 rings (SSSR count). The molecule has 36 valence electrons. The van der Waals surface area contributed by atoms with Gasteiger partial charge in [0.25, 0.3) is 0 Å². The third-order valence-corrected chi connectivity index (χ3v) is 0.940. The van der Waals surface area contributed by atoms with Gasteiger partial charge in [0.2, 0.25) is 0 Å². The van der Waals surface area contributed by atoms with Crippen LogP contribution in [0.4, 0.5) is 0 Å². The molecule has 0 saturated carbocycles. The van der Waals surface area contributed by atoms with Crippen LogP contribution < -0.4 is 0 Å². The van der Waals surface area contributed by atoms with Crippen LogP contribution in [0, 0.1) is 6.92 Å². The van der Waals surface area contributed by atoms with Crippen molar-refractivity contribution in [1.29, 1.82) is 0 Å². The van der Waals surface area contributed by atoms with E-state index in [1.54, 1.807) is 0 Å². The molecule has 0 unspecified atom stereocenters. The van der Waals surface area contributed by atoms with Crippen LogP contribution >= 0.6 is 0 Å². The number of rotatable bonds is 0. The minimum Gasteiger partial charge on any atom is -0.0622 e. The van der Waals surface area contributed by atoms with Crippen LogP contribution in [0.3, 0.4) is 0 Å². The normalized spacial score (nSPS) is 8.71. The first-order chi connectivity index (χ1) is 3.39. The van der Waals surface area contributed by atoms with Gasteiger partial charge in [0, 0.05) is 0 Å². The van der Waals surface area contributed by atoms with E-state index < -0.39 is 0 Å². The van der Waals surface area contributed by atoms with Gasteiger partial charge in [-0.1, -0.05) is 35.9 Å². The summed E-state index contributed by atoms with van der Waals surface area (Å²) >= 11 is 0. The zero-order chi connectivity index (χ0) is 5.11. The van der Waals surface area contributed by atoms with E-state index in [1.165, 1.54) is 5.56 Å². The maximum absolute atomic E-state index is 2.08. The largest absolute Gasteiger partial charge is 0.0622 e. The average molecular weight is 91.1 g/mol. The van der Waals surface area contributed by atoms with Crippen LogP contribution in [0.25, 0.3) is 0 Å². The monoisotopic (exact) mass is 91.1 g/mol. The van der Waals surface area contributed by atoms with Gasteiger partial charge in [-0.15, -0.1) is 0 Å². The van der Waals surface area contributed by atoms with Crippen molar-refractivity contribution in [3.63, 3.8) is 0 Å². The highest BCUT2D eigenvalue weighted by Gasteiger charge is 1.72. The quantitative estimate of drug-likeness (QED) is 0.458. The Morgan fingerprint density at radius 3 is 1.86 bits per heavy atom. The van der Waals surface area contributed by atoms with Gasteiger partial charge in [0.1, 0.15) is 0 Å². The minimum atomic E-state index is 1.32. The maximum atomic E-state index is 2.08. The van der Waals surface area contributed by atoms with Gasteiger partial charge in [-0.05, 0) is 6.92 Å². The molecule has 0 amide bonds. The Labute approximate surface area is 43.8 Å². The van der Waals surface area contributed by atoms with Gasteiger partial charge in [-0.3, -0.25) is 0 Å². The Kier molecular flexibility index (Phi) is 1.12. The lowest BCUT2D eigenvalue weighted by Crippen LogP contribution is -1.62. The van der Waals surface area contributed by atoms with Crippen molar-refractivity contribution >= 4 is 0 Å². The fourth-order valence-electron chi connectivity index (χ4n) is 0.534. The molecule has 0 aliphatic rings. The minimum absolute atomic E-state index is 1.32. The Morgan fingerprint density at radius 2 is 1.57 bits per heavy atom. The molecule has 0 nitrogen and oxygen atoms in total. The van der Waals surface area contributed by atoms with Crippen LogP contribution in [0.5, 0.6) is 0 Å². The van der Waals surface area contributed by atoms with Crippen molar-refractivity contribution in [2.45, 2.75) is 6.92 Å². The molecule has 0 radical (unpaired) electrons. The Bertz CT molecular complexity index is 130. The van der Waals surface area contributed by atoms with Gasteiger partial charge in [0.15, 0.2) is 0 Å². The first-order valence-electron chi connectivity index (χ1n) is 2.41. The Morgan fingerprint density at radius 1 is 1.00 bits per heavy atom. The van der Waals surface area contributed by atoms with E-state index in [9.17, 15) is 0 Å². The molecular weight excluding hydrogens is 83.1 g/mol. The van der Waals surface area contributed by atoms with E-state index in [1.807, 2.05) is 18.2 Å². The lowest BCUT2D eigenvalue weighted by molar-refractivity contribution is 1.48. The predicted molar refractivity (Wildman–Crippen MR) is 31.2 cm³/mol. The average Bonchev–Trinajstić information content (AvgIpc) is 1.69. The van der Waals surface area contributed by atoms with Gasteiger partial charge in [-0.25, -0.2) is 0 Å². The molecule has 0 aliphatic carbocycles. The highest BCUT2D eigenvalue weighted by Crippen LogP contribution is 1.92. The molecular formula is C7H8. The van der Waals surface area contributed by atoms with Crippen LogP contribution in [-0.4, -0.2) is 0 Å². The lowest BCUT2D eigenvalue weighted by Gasteiger charge is -1.82. The SMILES string of the molecule is [11CH3]c1ccccc1. The summed E-state index contributed by atoms with van der Waals surface area (Å²) in [5, 5.41) is 0. The smallest absolute Gasteiger partial charge is 0.0398 e. The van der Waals surface area contributed by atoms with E-state index in [-0.39, 0.29) is 0 Å². The number of hydrogen-bond donors (Lipinski definition) is 0. The number of benzene rings is 1. The van der Waals surface area contributed by atoms with E-state index in [0.717, 1.165) is 0 Å². The lowest BCUT2D eigenvalue weighted by atomic mass is 10.0. The summed E-state index contributed by atoms with van der Waals surface area (Å²) in [6.07, 6.45) is 0. The number of hydrogen-bond acceptors (Lipinski definition) is 0. The van der Waals surface area contributed by atoms with Crippen molar-refractivity contribution in [2.24, 2.45) is 0 Å². The molecule has 0 atom stereocenters. The summed E-state index contributed by atoms with van der Waals surface area (Å²) in [7, 11) is 0. The second-order valence-corrected chi connectivity index (χ2v) is 1.65. The molecule has 0 aromatic heterocycles. The first-order valence-corrected chi connectivity index (χ1v) is 2.41. The topological polar surface area (TPSA) is 0 Å². The second kappa shape index (κ2) is 1.78. The van der Waals surface area contributed by atoms with Crippen LogP contribution in [0.1, 0.15) is 5.56 Å². The number of aryl methyl sites for hydroxylation is 1. The molecule has 7 heavy (non-hydrogen) atoms. The summed E-state index contributed by atoms with van der Waals surface area (Å²) in [6.45, 7) is 2.08. The van der Waals surface area contributed by atoms with Crippen molar-refractivity contribution in [2.75, 3.05) is 0 Å². The summed E-state index contributed by atoms with van der Waals surface area (Å²) in [5.74, 6) is 0. The van der Waals surface area contributed by atoms with E-state index in [0.29, 0.717) is 0 Å². The zero-order valence-corrected chi connectivity index (χ0v) is 4.39. The Hall–Kier alpha value is -0.780. The highest BCUT2D eigenvalue weighted by atomic mass is 13.7. The van der Waals surface area contributed by atoms with Crippen molar-refractivity contribution < 1.29 is 0 Å². The maximum Gasteiger partial charge on any atom is -0.0398 e. The van der Waals surface area contributed by atoms with E-state index in [4.69, 9.17) is 0 Å². The molecule has 0 fully saturated rings. The molecule has 1 aromatic rings. The van der Waals surface area contributed by atoms with Gasteiger partial charge < -0.3 is 0 Å². The van der Waals surface area contributed by atoms with Crippen LogP contribution in [-0.2, 0) is 0 Å². The predicted octanol–water partition coefficient (Wildman–Crippen LogP) is 2.00. The molecule has 0 heteroatoms. The fraction of sp³-hybridized carbons (Fsp3) is 0.143. The van der Waals surface area contributed by atoms with Gasteiger partial charge >= 0.3 is 0 Å². The van der Waals surface area contributed by atoms with E-state index >= 15 is 0 Å². The molecule has 0 heterocycles. The summed E-state index contributed by atoms with van der Waals surface area (Å²) in [4.78, 5) is 0. The standard InChI is InChI=1S/C7H8/c1-7-5-3-2-4-6-7/h2-6H,1H3/i1-1. The molecule has 0 saturated heterocycles. The van der Waals surface area contributed by atoms with Crippen molar-refractivity contribution in [1.82, 2.24) is 0 Å². The van der Waals surface area contributed by atoms with Gasteiger partial charge in [0.05, 0.1) is 0 Å². The van der Waals surface area contributed by atoms with Gasteiger partial charge in [-0.2, -0.15) is 0 Å². The fourth-order valence-corrected chi connectivity index (χ4v) is 0.534.